The summed E-state index contributed by atoms with van der Waals surface area (Å²) in [5.41, 5.74) is 7.12. The highest BCUT2D eigenvalue weighted by Crippen LogP contribution is 2.24. The molecule has 0 radical (unpaired) electrons. The van der Waals surface area contributed by atoms with E-state index in [0.29, 0.717) is 17.5 Å². The van der Waals surface area contributed by atoms with Crippen LogP contribution in [-0.4, -0.2) is 54.5 Å². The molecule has 1 aromatic carbocycles. The first kappa shape index (κ1) is 24.5. The van der Waals surface area contributed by atoms with Gasteiger partial charge in [-0.15, -0.1) is 24.8 Å². The fraction of sp³-hybridized carbons (Fsp3) is 0.650. The highest BCUT2D eigenvalue weighted by Gasteiger charge is 2.24. The lowest BCUT2D eigenvalue weighted by molar-refractivity contribution is -0.130. The van der Waals surface area contributed by atoms with Crippen molar-refractivity contribution in [3.05, 3.63) is 34.9 Å². The molecule has 1 aromatic rings. The topological polar surface area (TPSA) is 49.6 Å². The molecule has 7 heteroatoms. The third kappa shape index (κ3) is 7.78. The quantitative estimate of drug-likeness (QED) is 0.781. The van der Waals surface area contributed by atoms with E-state index in [-0.39, 0.29) is 30.7 Å². The summed E-state index contributed by atoms with van der Waals surface area (Å²) in [5.74, 6) is 0.946. The number of nitrogens with zero attached hydrogens (tertiary/aromatic N) is 2. The monoisotopic (exact) mass is 435 g/mol. The van der Waals surface area contributed by atoms with Gasteiger partial charge >= 0.3 is 0 Å². The van der Waals surface area contributed by atoms with Crippen LogP contribution in [0.5, 0.6) is 0 Å². The third-order valence-corrected chi connectivity index (χ3v) is 5.76. The average molecular weight is 437 g/mol. The zero-order valence-electron chi connectivity index (χ0n) is 15.8. The van der Waals surface area contributed by atoms with E-state index in [1.54, 1.807) is 0 Å². The zero-order chi connectivity index (χ0) is 17.6. The summed E-state index contributed by atoms with van der Waals surface area (Å²) in [6, 6.07) is 8.00. The van der Waals surface area contributed by atoms with Crippen LogP contribution in [0.3, 0.4) is 0 Å². The maximum atomic E-state index is 12.6. The van der Waals surface area contributed by atoms with Crippen molar-refractivity contribution in [2.45, 2.75) is 44.6 Å². The lowest BCUT2D eigenvalue weighted by Gasteiger charge is -2.31. The Morgan fingerprint density at radius 2 is 1.93 bits per heavy atom. The molecule has 0 bridgehead atoms. The van der Waals surface area contributed by atoms with Gasteiger partial charge in [-0.2, -0.15) is 0 Å². The van der Waals surface area contributed by atoms with E-state index in [1.807, 2.05) is 29.2 Å². The van der Waals surface area contributed by atoms with Gasteiger partial charge in [0.25, 0.3) is 0 Å². The summed E-state index contributed by atoms with van der Waals surface area (Å²) >= 11 is 6.02. The van der Waals surface area contributed by atoms with Crippen molar-refractivity contribution in [2.75, 3.05) is 32.7 Å². The van der Waals surface area contributed by atoms with Crippen LogP contribution in [0.15, 0.2) is 24.3 Å². The minimum atomic E-state index is 0. The van der Waals surface area contributed by atoms with E-state index < -0.39 is 0 Å². The van der Waals surface area contributed by atoms with Gasteiger partial charge in [0.1, 0.15) is 0 Å². The predicted molar refractivity (Wildman–Crippen MR) is 117 cm³/mol. The van der Waals surface area contributed by atoms with E-state index in [0.717, 1.165) is 57.0 Å². The smallest absolute Gasteiger partial charge is 0.227 e. The number of carbonyl (C=O) groups excluding carboxylic acids is 1. The Morgan fingerprint density at radius 3 is 2.67 bits per heavy atom. The van der Waals surface area contributed by atoms with Crippen molar-refractivity contribution >= 4 is 42.3 Å². The Hall–Kier alpha value is -0.520. The molecule has 1 aliphatic heterocycles. The second kappa shape index (κ2) is 12.1. The summed E-state index contributed by atoms with van der Waals surface area (Å²) < 4.78 is 0. The van der Waals surface area contributed by atoms with Crippen LogP contribution in [0.1, 0.15) is 37.7 Å². The van der Waals surface area contributed by atoms with Crippen molar-refractivity contribution in [3.63, 3.8) is 0 Å². The average Bonchev–Trinajstić information content (AvgIpc) is 2.80. The van der Waals surface area contributed by atoms with Gasteiger partial charge in [-0.1, -0.05) is 30.2 Å². The van der Waals surface area contributed by atoms with Gasteiger partial charge in [0.05, 0.1) is 6.42 Å². The molecular formula is C20H32Cl3N3O. The molecule has 1 saturated heterocycles. The minimum absolute atomic E-state index is 0. The SMILES string of the molecule is Cl.Cl.N[C@H]1CCC[C@@H](CN2CCCN(C(=O)Cc3cccc(Cl)c3)CC2)C1. The molecular weight excluding hydrogens is 405 g/mol. The molecule has 2 atom stereocenters. The number of nitrogens with two attached hydrogens (primary N) is 1. The summed E-state index contributed by atoms with van der Waals surface area (Å²) in [7, 11) is 0. The normalized spacial score (nSPS) is 23.7. The van der Waals surface area contributed by atoms with Gasteiger partial charge in [-0.25, -0.2) is 0 Å². The summed E-state index contributed by atoms with van der Waals surface area (Å²) in [6.07, 6.45) is 6.42. The Kier molecular flexibility index (Phi) is 11.0. The van der Waals surface area contributed by atoms with Crippen LogP contribution in [-0.2, 0) is 11.2 Å². The number of hydrogen-bond donors (Lipinski definition) is 1. The van der Waals surface area contributed by atoms with Crippen LogP contribution in [0, 0.1) is 5.92 Å². The molecule has 0 spiro atoms. The van der Waals surface area contributed by atoms with E-state index >= 15 is 0 Å². The summed E-state index contributed by atoms with van der Waals surface area (Å²) in [6.45, 7) is 4.90. The minimum Gasteiger partial charge on any atom is -0.341 e. The maximum Gasteiger partial charge on any atom is 0.227 e. The number of hydrogen-bond acceptors (Lipinski definition) is 3. The first-order chi connectivity index (χ1) is 12.1. The second-order valence-electron chi connectivity index (χ2n) is 7.63. The largest absolute Gasteiger partial charge is 0.341 e. The lowest BCUT2D eigenvalue weighted by atomic mass is 9.86. The highest BCUT2D eigenvalue weighted by atomic mass is 35.5. The van der Waals surface area contributed by atoms with Crippen molar-refractivity contribution < 1.29 is 4.79 Å². The van der Waals surface area contributed by atoms with Gasteiger partial charge < -0.3 is 15.5 Å². The van der Waals surface area contributed by atoms with E-state index in [2.05, 4.69) is 4.90 Å². The van der Waals surface area contributed by atoms with Crippen molar-refractivity contribution in [1.82, 2.24) is 9.80 Å². The molecule has 0 aromatic heterocycles. The van der Waals surface area contributed by atoms with Crippen LogP contribution in [0.2, 0.25) is 5.02 Å². The van der Waals surface area contributed by atoms with Gasteiger partial charge in [0.15, 0.2) is 0 Å². The molecule has 1 heterocycles. The standard InChI is InChI=1S/C20H30ClN3O.2ClH/c21-18-6-1-4-16(12-18)14-20(25)24-9-3-8-23(10-11-24)15-17-5-2-7-19(22)13-17;;/h1,4,6,12,17,19H,2-3,5,7-11,13-15,22H2;2*1H/t17-,19+;;/m1../s1. The first-order valence-electron chi connectivity index (χ1n) is 9.60. The van der Waals surface area contributed by atoms with Crippen molar-refractivity contribution in [1.29, 1.82) is 0 Å². The lowest BCUT2D eigenvalue weighted by Crippen LogP contribution is -2.39. The summed E-state index contributed by atoms with van der Waals surface area (Å²) in [4.78, 5) is 17.2. The first-order valence-corrected chi connectivity index (χ1v) is 9.98. The molecule has 27 heavy (non-hydrogen) atoms. The van der Waals surface area contributed by atoms with E-state index in [1.165, 1.54) is 19.3 Å². The maximum absolute atomic E-state index is 12.6. The molecule has 1 saturated carbocycles. The number of rotatable bonds is 4. The molecule has 2 aliphatic rings. The van der Waals surface area contributed by atoms with Crippen LogP contribution in [0.4, 0.5) is 0 Å². The predicted octanol–water partition coefficient (Wildman–Crippen LogP) is 3.78. The Labute approximate surface area is 180 Å². The second-order valence-corrected chi connectivity index (χ2v) is 8.07. The van der Waals surface area contributed by atoms with Gasteiger partial charge in [-0.05, 0) is 55.8 Å². The van der Waals surface area contributed by atoms with Crippen LogP contribution in [0.25, 0.3) is 0 Å². The number of halogens is 3. The Morgan fingerprint density at radius 1 is 1.11 bits per heavy atom. The van der Waals surface area contributed by atoms with E-state index in [4.69, 9.17) is 17.3 Å². The van der Waals surface area contributed by atoms with Crippen LogP contribution < -0.4 is 5.73 Å². The Balaban J connectivity index is 0.00000182. The molecule has 0 unspecified atom stereocenters. The van der Waals surface area contributed by atoms with Crippen LogP contribution >= 0.6 is 36.4 Å². The molecule has 1 amide bonds. The Bertz CT molecular complexity index is 587. The zero-order valence-corrected chi connectivity index (χ0v) is 18.2. The van der Waals surface area contributed by atoms with E-state index in [9.17, 15) is 4.79 Å². The highest BCUT2D eigenvalue weighted by molar-refractivity contribution is 6.30. The fourth-order valence-corrected chi connectivity index (χ4v) is 4.41. The van der Waals surface area contributed by atoms with Crippen molar-refractivity contribution in [2.24, 2.45) is 11.7 Å². The summed E-state index contributed by atoms with van der Waals surface area (Å²) in [5, 5.41) is 0.693. The fourth-order valence-electron chi connectivity index (χ4n) is 4.20. The van der Waals surface area contributed by atoms with Crippen molar-refractivity contribution in [3.8, 4) is 0 Å². The number of benzene rings is 1. The number of amides is 1. The third-order valence-electron chi connectivity index (χ3n) is 5.53. The van der Waals surface area contributed by atoms with Gasteiger partial charge in [0.2, 0.25) is 5.91 Å². The molecule has 154 valence electrons. The number of carbonyl (C=O) groups is 1. The van der Waals surface area contributed by atoms with Gasteiger partial charge in [0, 0.05) is 37.2 Å². The van der Waals surface area contributed by atoms with Gasteiger partial charge in [-0.3, -0.25) is 4.79 Å². The molecule has 1 aliphatic carbocycles. The molecule has 4 nitrogen and oxygen atoms in total. The molecule has 3 rings (SSSR count). The molecule has 2 N–H and O–H groups in total. The molecule has 2 fully saturated rings.